The van der Waals surface area contributed by atoms with E-state index >= 15 is 0 Å². The van der Waals surface area contributed by atoms with E-state index in [2.05, 4.69) is 4.52 Å². The average Bonchev–Trinajstić information content (AvgIpc) is 1.81. The Morgan fingerprint density at radius 3 is 2.80 bits per heavy atom. The van der Waals surface area contributed by atoms with Gasteiger partial charge >= 0.3 is 7.60 Å². The van der Waals surface area contributed by atoms with Gasteiger partial charge < -0.3 is 15.2 Å². The molecule has 1 aliphatic rings. The van der Waals surface area contributed by atoms with E-state index in [-0.39, 0.29) is 18.3 Å². The fraction of sp³-hybridized carbons (Fsp3) is 1.00. The molecule has 0 amide bonds. The summed E-state index contributed by atoms with van der Waals surface area (Å²) in [5.41, 5.74) is 5.18. The molecule has 1 heterocycles. The molecule has 0 aromatic heterocycles. The topological polar surface area (TPSA) is 72.5 Å². The van der Waals surface area contributed by atoms with Crippen LogP contribution in [0.4, 0.5) is 0 Å². The largest absolute Gasteiger partial charge is 0.330 e. The molecule has 1 rings (SSSR count). The molecule has 1 saturated heterocycles. The lowest BCUT2D eigenvalue weighted by atomic mass is 10.2. The second-order valence-electron chi connectivity index (χ2n) is 2.70. The Kier molecular flexibility index (Phi) is 2.15. The lowest BCUT2D eigenvalue weighted by Gasteiger charge is -2.28. The van der Waals surface area contributed by atoms with E-state index in [0.29, 0.717) is 6.42 Å². The average molecular weight is 165 g/mol. The molecule has 5 heteroatoms. The van der Waals surface area contributed by atoms with E-state index in [1.54, 1.807) is 6.92 Å². The highest BCUT2D eigenvalue weighted by Crippen LogP contribution is 2.51. The van der Waals surface area contributed by atoms with Crippen LogP contribution in [-0.4, -0.2) is 23.2 Å². The maximum absolute atomic E-state index is 11.0. The van der Waals surface area contributed by atoms with Crippen LogP contribution >= 0.6 is 7.60 Å². The summed E-state index contributed by atoms with van der Waals surface area (Å²) in [5.74, 6) is 0. The van der Waals surface area contributed by atoms with E-state index in [4.69, 9.17) is 10.6 Å². The van der Waals surface area contributed by atoms with Crippen LogP contribution in [0.1, 0.15) is 13.3 Å². The summed E-state index contributed by atoms with van der Waals surface area (Å²) in [6, 6.07) is -0.0794. The summed E-state index contributed by atoms with van der Waals surface area (Å²) in [6.45, 7) is 1.89. The van der Waals surface area contributed by atoms with E-state index in [1.165, 1.54) is 0 Å². The van der Waals surface area contributed by atoms with Crippen molar-refractivity contribution in [3.63, 3.8) is 0 Å². The quantitative estimate of drug-likeness (QED) is 0.506. The van der Waals surface area contributed by atoms with Gasteiger partial charge in [0, 0.05) is 6.04 Å². The van der Waals surface area contributed by atoms with Gasteiger partial charge in [-0.1, -0.05) is 6.92 Å². The third-order valence-corrected chi connectivity index (χ3v) is 3.52. The summed E-state index contributed by atoms with van der Waals surface area (Å²) in [5, 5.41) is 0. The summed E-state index contributed by atoms with van der Waals surface area (Å²) < 4.78 is 15.7. The van der Waals surface area contributed by atoms with Crippen LogP contribution in [0.2, 0.25) is 0 Å². The van der Waals surface area contributed by atoms with Crippen LogP contribution in [-0.2, 0) is 9.09 Å². The van der Waals surface area contributed by atoms with Crippen molar-refractivity contribution >= 4 is 7.60 Å². The van der Waals surface area contributed by atoms with Crippen LogP contribution in [0.25, 0.3) is 0 Å². The molecular formula is C5H12NO3P. The first-order valence-corrected chi connectivity index (χ1v) is 4.89. The maximum atomic E-state index is 11.0. The normalized spacial score (nSPS) is 49.1. The first-order chi connectivity index (χ1) is 4.52. The third-order valence-electron chi connectivity index (χ3n) is 1.67. The van der Waals surface area contributed by atoms with Crippen LogP contribution in [0, 0.1) is 0 Å². The molecule has 4 nitrogen and oxygen atoms in total. The lowest BCUT2D eigenvalue weighted by Crippen LogP contribution is -2.34. The van der Waals surface area contributed by atoms with Gasteiger partial charge in [-0.25, -0.2) is 0 Å². The van der Waals surface area contributed by atoms with E-state index in [1.807, 2.05) is 0 Å². The van der Waals surface area contributed by atoms with Gasteiger partial charge in [-0.2, -0.15) is 0 Å². The summed E-state index contributed by atoms with van der Waals surface area (Å²) in [7, 11) is -3.30. The number of rotatable bonds is 0. The predicted molar refractivity (Wildman–Crippen MR) is 37.8 cm³/mol. The number of hydrogen-bond donors (Lipinski definition) is 2. The first kappa shape index (κ1) is 8.21. The number of nitrogens with two attached hydrogens (primary N) is 1. The molecule has 0 aromatic carbocycles. The van der Waals surface area contributed by atoms with Crippen molar-refractivity contribution in [2.45, 2.75) is 25.0 Å². The van der Waals surface area contributed by atoms with Crippen molar-refractivity contribution in [3.05, 3.63) is 0 Å². The molecule has 10 heavy (non-hydrogen) atoms. The third kappa shape index (κ3) is 1.58. The molecule has 0 aromatic rings. The van der Waals surface area contributed by atoms with E-state index < -0.39 is 7.60 Å². The maximum Gasteiger partial charge on any atom is 0.330 e. The zero-order valence-corrected chi connectivity index (χ0v) is 6.75. The molecule has 3 atom stereocenters. The zero-order chi connectivity index (χ0) is 7.78. The zero-order valence-electron chi connectivity index (χ0n) is 5.86. The van der Waals surface area contributed by atoms with Crippen LogP contribution in [0.5, 0.6) is 0 Å². The van der Waals surface area contributed by atoms with Gasteiger partial charge in [-0.05, 0) is 6.42 Å². The molecule has 0 radical (unpaired) electrons. The van der Waals surface area contributed by atoms with Crippen molar-refractivity contribution in [2.75, 3.05) is 6.61 Å². The highest BCUT2D eigenvalue weighted by Gasteiger charge is 2.34. The first-order valence-electron chi connectivity index (χ1n) is 3.25. The van der Waals surface area contributed by atoms with E-state index in [9.17, 15) is 4.57 Å². The smallest absolute Gasteiger partial charge is 0.326 e. The Labute approximate surface area is 59.9 Å². The second kappa shape index (κ2) is 2.62. The molecular weight excluding hydrogens is 153 g/mol. The molecule has 60 valence electrons. The Hall–Kier alpha value is 0.110. The highest BCUT2D eigenvalue weighted by atomic mass is 31.2. The number of hydrogen-bond acceptors (Lipinski definition) is 3. The fourth-order valence-corrected chi connectivity index (χ4v) is 2.17. The Morgan fingerprint density at radius 2 is 2.40 bits per heavy atom. The summed E-state index contributed by atoms with van der Waals surface area (Å²) in [6.07, 6.45) is 0.577. The van der Waals surface area contributed by atoms with Crippen LogP contribution in [0.3, 0.4) is 0 Å². The van der Waals surface area contributed by atoms with Gasteiger partial charge in [0.2, 0.25) is 0 Å². The lowest BCUT2D eigenvalue weighted by molar-refractivity contribution is 0.204. The molecule has 0 spiro atoms. The molecule has 1 aliphatic heterocycles. The van der Waals surface area contributed by atoms with Crippen LogP contribution in [0.15, 0.2) is 0 Å². The van der Waals surface area contributed by atoms with Gasteiger partial charge in [-0.15, -0.1) is 0 Å². The predicted octanol–water partition coefficient (Wildman–Crippen LogP) is 0.308. The molecule has 1 unspecified atom stereocenters. The van der Waals surface area contributed by atoms with Gasteiger partial charge in [0.1, 0.15) is 0 Å². The van der Waals surface area contributed by atoms with Crippen molar-refractivity contribution in [1.82, 2.24) is 0 Å². The van der Waals surface area contributed by atoms with Gasteiger partial charge in [0.25, 0.3) is 0 Å². The molecule has 0 bridgehead atoms. The van der Waals surface area contributed by atoms with Crippen molar-refractivity contribution in [1.29, 1.82) is 0 Å². The molecule has 1 fully saturated rings. The van der Waals surface area contributed by atoms with Gasteiger partial charge in [0.05, 0.1) is 12.3 Å². The fourth-order valence-electron chi connectivity index (χ4n) is 0.969. The SMILES string of the molecule is C[C@@H]1C[C@H](N)COP1(=O)O. The highest BCUT2D eigenvalue weighted by molar-refractivity contribution is 7.53. The minimum atomic E-state index is -3.30. The standard InChI is InChI=1S/C5H12NO3P/c1-4-2-5(6)3-9-10(4,7)8/h4-5H,2-3,6H2,1H3,(H,7,8)/t4-,5+/m1/s1. The van der Waals surface area contributed by atoms with Gasteiger partial charge in [0.15, 0.2) is 0 Å². The Balaban J connectivity index is 2.61. The summed E-state index contributed by atoms with van der Waals surface area (Å²) >= 11 is 0. The summed E-state index contributed by atoms with van der Waals surface area (Å²) in [4.78, 5) is 9.04. The monoisotopic (exact) mass is 165 g/mol. The molecule has 3 N–H and O–H groups in total. The Bertz CT molecular complexity index is 172. The van der Waals surface area contributed by atoms with Crippen molar-refractivity contribution in [2.24, 2.45) is 5.73 Å². The second-order valence-corrected chi connectivity index (χ2v) is 4.97. The van der Waals surface area contributed by atoms with E-state index in [0.717, 1.165) is 0 Å². The molecule has 0 aliphatic carbocycles. The van der Waals surface area contributed by atoms with Crippen molar-refractivity contribution < 1.29 is 14.0 Å². The minimum Gasteiger partial charge on any atom is -0.326 e. The Morgan fingerprint density at radius 1 is 1.80 bits per heavy atom. The van der Waals surface area contributed by atoms with Gasteiger partial charge in [-0.3, -0.25) is 4.57 Å². The minimum absolute atomic E-state index is 0.0794. The van der Waals surface area contributed by atoms with Crippen LogP contribution < -0.4 is 5.73 Å². The molecule has 0 saturated carbocycles. The van der Waals surface area contributed by atoms with Crippen molar-refractivity contribution in [3.8, 4) is 0 Å².